The van der Waals surface area contributed by atoms with Crippen LogP contribution in [0.2, 0.25) is 5.02 Å². The predicted molar refractivity (Wildman–Crippen MR) is 134 cm³/mol. The van der Waals surface area contributed by atoms with Gasteiger partial charge in [0, 0.05) is 11.8 Å². The summed E-state index contributed by atoms with van der Waals surface area (Å²) < 4.78 is 20.2. The van der Waals surface area contributed by atoms with Crippen LogP contribution < -0.4 is 9.64 Å². The van der Waals surface area contributed by atoms with Crippen LogP contribution in [0.4, 0.5) is 9.52 Å². The third-order valence-electron chi connectivity index (χ3n) is 5.46. The fraction of sp³-hybridized carbons (Fsp3) is 0.0833. The van der Waals surface area contributed by atoms with Crippen LogP contribution in [0.1, 0.15) is 17.3 Å². The Morgan fingerprint density at radius 1 is 1.23 bits per heavy atom. The van der Waals surface area contributed by atoms with E-state index in [0.29, 0.717) is 31.7 Å². The number of amides is 1. The Labute approximate surface area is 215 Å². The number of benzene rings is 2. The van der Waals surface area contributed by atoms with Crippen LogP contribution in [0.15, 0.2) is 64.8 Å². The van der Waals surface area contributed by atoms with Crippen molar-refractivity contribution in [2.75, 3.05) is 12.0 Å². The average Bonchev–Trinajstić information content (AvgIpc) is 3.37. The molecule has 0 aliphatic carbocycles. The molecule has 1 aliphatic rings. The van der Waals surface area contributed by atoms with Gasteiger partial charge < -0.3 is 9.84 Å². The van der Waals surface area contributed by atoms with Crippen molar-refractivity contribution in [3.63, 3.8) is 0 Å². The zero-order valence-electron chi connectivity index (χ0n) is 17.8. The molecule has 0 bridgehead atoms. The number of aliphatic hydroxyl groups is 1. The van der Waals surface area contributed by atoms with Crippen LogP contribution in [0, 0.1) is 5.82 Å². The number of rotatable bonds is 4. The zero-order valence-corrected chi connectivity index (χ0v) is 21.0. The molecule has 5 rings (SSSR count). The lowest BCUT2D eigenvalue weighted by Crippen LogP contribution is -2.29. The lowest BCUT2D eigenvalue weighted by molar-refractivity contribution is -0.132. The molecule has 2 aromatic heterocycles. The summed E-state index contributed by atoms with van der Waals surface area (Å²) in [6, 6.07) is 11.3. The van der Waals surface area contributed by atoms with Gasteiger partial charge in [0.1, 0.15) is 23.4 Å². The molecular formula is C24H14BrClFN3O4S. The lowest BCUT2D eigenvalue weighted by atomic mass is 9.98. The van der Waals surface area contributed by atoms with Crippen molar-refractivity contribution in [3.8, 4) is 5.75 Å². The summed E-state index contributed by atoms with van der Waals surface area (Å²) in [5.41, 5.74) is 0.880. The highest BCUT2D eigenvalue weighted by Crippen LogP contribution is 2.44. The fourth-order valence-electron chi connectivity index (χ4n) is 3.83. The molecule has 7 nitrogen and oxygen atoms in total. The zero-order chi connectivity index (χ0) is 24.9. The summed E-state index contributed by atoms with van der Waals surface area (Å²) in [6.07, 6.45) is 1.52. The Kier molecular flexibility index (Phi) is 6.04. The number of hydrogen-bond acceptors (Lipinski definition) is 7. The minimum Gasteiger partial charge on any atom is -0.507 e. The van der Waals surface area contributed by atoms with Crippen molar-refractivity contribution in [2.24, 2.45) is 0 Å². The number of Topliss-reactive ketones (excluding diaryl/α,β-unsaturated/α-hetero) is 1. The number of anilines is 1. The lowest BCUT2D eigenvalue weighted by Gasteiger charge is -2.22. The third kappa shape index (κ3) is 3.97. The van der Waals surface area contributed by atoms with Gasteiger partial charge in [0.2, 0.25) is 0 Å². The highest BCUT2D eigenvalue weighted by Gasteiger charge is 2.48. The molecule has 4 aromatic rings. The van der Waals surface area contributed by atoms with Gasteiger partial charge in [0.05, 0.1) is 38.1 Å². The maximum Gasteiger partial charge on any atom is 0.301 e. The summed E-state index contributed by atoms with van der Waals surface area (Å²) in [6.45, 7) is 0. The molecular weight excluding hydrogens is 561 g/mol. The molecule has 1 saturated heterocycles. The normalized spacial score (nSPS) is 17.4. The smallest absolute Gasteiger partial charge is 0.301 e. The van der Waals surface area contributed by atoms with Crippen molar-refractivity contribution in [3.05, 3.63) is 86.9 Å². The number of thiazole rings is 1. The summed E-state index contributed by atoms with van der Waals surface area (Å²) >= 11 is 10.3. The maximum absolute atomic E-state index is 14.0. The standard InChI is InChI=1S/C24H14BrClFN3O4S/c1-34-17-6-5-11(8-12(17)25)21(31)19-20(15-4-2-3-7-28-15)30(23(33)22(19)32)24-29-16-9-13(26)14(27)10-18(16)35-24/h2-10,20,31H,1H3/b21-19+. The minimum atomic E-state index is -1.06. The van der Waals surface area contributed by atoms with Gasteiger partial charge in [0.25, 0.3) is 5.78 Å². The second-order valence-corrected chi connectivity index (χ2v) is 9.77. The first-order chi connectivity index (χ1) is 16.8. The van der Waals surface area contributed by atoms with E-state index in [1.165, 1.54) is 30.3 Å². The molecule has 0 spiro atoms. The van der Waals surface area contributed by atoms with Crippen LogP contribution in [-0.2, 0) is 9.59 Å². The number of aromatic nitrogens is 2. The van der Waals surface area contributed by atoms with Crippen LogP contribution in [0.3, 0.4) is 0 Å². The molecule has 35 heavy (non-hydrogen) atoms. The molecule has 1 amide bonds. The molecule has 2 aromatic carbocycles. The van der Waals surface area contributed by atoms with Crippen LogP contribution in [0.5, 0.6) is 5.75 Å². The maximum atomic E-state index is 14.0. The van der Waals surface area contributed by atoms with Crippen LogP contribution in [-0.4, -0.2) is 33.9 Å². The SMILES string of the molecule is COc1ccc(/C(O)=C2\C(=O)C(=O)N(c3nc4cc(Cl)c(F)cc4s3)C2c2ccccn2)cc1Br. The number of halogens is 3. The quantitative estimate of drug-likeness (QED) is 0.186. The number of ketones is 1. The molecule has 0 saturated carbocycles. The van der Waals surface area contributed by atoms with E-state index < -0.39 is 23.5 Å². The van der Waals surface area contributed by atoms with E-state index >= 15 is 0 Å². The van der Waals surface area contributed by atoms with E-state index in [2.05, 4.69) is 25.9 Å². The van der Waals surface area contributed by atoms with Crippen molar-refractivity contribution in [1.29, 1.82) is 0 Å². The molecule has 1 fully saturated rings. The molecule has 176 valence electrons. The van der Waals surface area contributed by atoms with Crippen LogP contribution in [0.25, 0.3) is 16.0 Å². The number of aliphatic hydroxyl groups excluding tert-OH is 1. The second-order valence-electron chi connectivity index (χ2n) is 7.50. The molecule has 11 heteroatoms. The summed E-state index contributed by atoms with van der Waals surface area (Å²) in [5.74, 6) is -2.25. The molecule has 3 heterocycles. The van der Waals surface area contributed by atoms with Crippen molar-refractivity contribution in [1.82, 2.24) is 9.97 Å². The Morgan fingerprint density at radius 2 is 2.03 bits per heavy atom. The number of fused-ring (bicyclic) bond motifs is 1. The average molecular weight is 575 g/mol. The first-order valence-corrected chi connectivity index (χ1v) is 12.1. The van der Waals surface area contributed by atoms with E-state index in [1.54, 1.807) is 36.4 Å². The van der Waals surface area contributed by atoms with Crippen molar-refractivity contribution in [2.45, 2.75) is 6.04 Å². The molecule has 1 unspecified atom stereocenters. The summed E-state index contributed by atoms with van der Waals surface area (Å²) in [5, 5.41) is 11.3. The fourth-order valence-corrected chi connectivity index (χ4v) is 5.53. The number of nitrogens with zero attached hydrogens (tertiary/aromatic N) is 3. The third-order valence-corrected chi connectivity index (χ3v) is 7.39. The number of carbonyl (C=O) groups excluding carboxylic acids is 2. The van der Waals surface area contributed by atoms with Gasteiger partial charge in [-0.15, -0.1) is 0 Å². The van der Waals surface area contributed by atoms with Crippen molar-refractivity contribution >= 4 is 71.7 Å². The highest BCUT2D eigenvalue weighted by atomic mass is 79.9. The minimum absolute atomic E-state index is 0.109. The van der Waals surface area contributed by atoms with Gasteiger partial charge in [0.15, 0.2) is 5.13 Å². The Hall–Kier alpha value is -3.34. The van der Waals surface area contributed by atoms with Gasteiger partial charge in [-0.2, -0.15) is 0 Å². The van der Waals surface area contributed by atoms with Crippen molar-refractivity contribution < 1.29 is 23.8 Å². The number of hydrogen-bond donors (Lipinski definition) is 1. The molecule has 1 aliphatic heterocycles. The van der Waals surface area contributed by atoms with Gasteiger partial charge in [-0.1, -0.05) is 29.0 Å². The largest absolute Gasteiger partial charge is 0.507 e. The predicted octanol–water partition coefficient (Wildman–Crippen LogP) is 5.88. The first-order valence-electron chi connectivity index (χ1n) is 10.1. The number of ether oxygens (including phenoxy) is 1. The van der Waals surface area contributed by atoms with E-state index in [4.69, 9.17) is 16.3 Å². The molecule has 1 atom stereocenters. The molecule has 1 N–H and O–H groups in total. The Balaban J connectivity index is 1.71. The van der Waals surface area contributed by atoms with Crippen LogP contribution >= 0.6 is 38.9 Å². The summed E-state index contributed by atoms with van der Waals surface area (Å²) in [7, 11) is 1.50. The Bertz CT molecular complexity index is 1500. The van der Waals surface area contributed by atoms with Gasteiger partial charge >= 0.3 is 5.91 Å². The first kappa shape index (κ1) is 23.4. The van der Waals surface area contributed by atoms with E-state index in [9.17, 15) is 19.1 Å². The highest BCUT2D eigenvalue weighted by molar-refractivity contribution is 9.10. The Morgan fingerprint density at radius 3 is 2.71 bits per heavy atom. The van der Waals surface area contributed by atoms with E-state index in [-0.39, 0.29) is 21.5 Å². The van der Waals surface area contributed by atoms with Gasteiger partial charge in [-0.25, -0.2) is 9.37 Å². The second kappa shape index (κ2) is 9.03. The number of pyridine rings is 1. The monoisotopic (exact) mass is 573 g/mol. The summed E-state index contributed by atoms with van der Waals surface area (Å²) in [4.78, 5) is 36.4. The number of methoxy groups -OCH3 is 1. The van der Waals surface area contributed by atoms with E-state index in [0.717, 1.165) is 11.3 Å². The topological polar surface area (TPSA) is 92.6 Å². The van der Waals surface area contributed by atoms with E-state index in [1.807, 2.05) is 0 Å². The molecule has 0 radical (unpaired) electrons. The van der Waals surface area contributed by atoms with Gasteiger partial charge in [-0.3, -0.25) is 19.5 Å². The van der Waals surface area contributed by atoms with Gasteiger partial charge in [-0.05, 0) is 58.4 Å². The number of carbonyl (C=O) groups is 2.